The second-order valence-corrected chi connectivity index (χ2v) is 4.25. The van der Waals surface area contributed by atoms with Crippen molar-refractivity contribution in [2.75, 3.05) is 13.6 Å². The number of aliphatic hydroxyl groups is 1. The molecule has 0 bridgehead atoms. The fourth-order valence-corrected chi connectivity index (χ4v) is 1.79. The Labute approximate surface area is 103 Å². The third-order valence-electron chi connectivity index (χ3n) is 2.57. The zero-order valence-corrected chi connectivity index (χ0v) is 9.86. The Morgan fingerprint density at radius 1 is 1.29 bits per heavy atom. The van der Waals surface area contributed by atoms with E-state index in [1.165, 1.54) is 11.9 Å². The highest BCUT2D eigenvalue weighted by Crippen LogP contribution is 2.23. The largest absolute Gasteiger partial charge is 0.506 e. The molecular weight excluding hydrogens is 242 g/mol. The van der Waals surface area contributed by atoms with Crippen molar-refractivity contribution >= 4 is 29.1 Å². The van der Waals surface area contributed by atoms with E-state index in [0.717, 1.165) is 0 Å². The van der Waals surface area contributed by atoms with E-state index in [1.54, 1.807) is 24.3 Å². The van der Waals surface area contributed by atoms with Crippen LogP contribution in [0.4, 0.5) is 0 Å². The van der Waals surface area contributed by atoms with Crippen LogP contribution in [0.3, 0.4) is 0 Å². The van der Waals surface area contributed by atoms with Crippen LogP contribution in [0.25, 0.3) is 5.76 Å². The zero-order chi connectivity index (χ0) is 12.6. The molecule has 0 saturated carbocycles. The summed E-state index contributed by atoms with van der Waals surface area (Å²) in [6.45, 7) is 0.00577. The van der Waals surface area contributed by atoms with Gasteiger partial charge in [0.15, 0.2) is 5.78 Å². The number of amides is 1. The molecule has 0 unspecified atom stereocenters. The number of nitrogens with zero attached hydrogens (tertiary/aromatic N) is 1. The summed E-state index contributed by atoms with van der Waals surface area (Å²) in [6, 6.07) is 6.29. The third kappa shape index (κ3) is 2.03. The number of aliphatic hydroxyl groups excluding tert-OH is 1. The van der Waals surface area contributed by atoms with Crippen LogP contribution in [0.5, 0.6) is 0 Å². The van der Waals surface area contributed by atoms with Crippen molar-refractivity contribution in [3.63, 3.8) is 0 Å². The average Bonchev–Trinajstić information content (AvgIpc) is 2.53. The van der Waals surface area contributed by atoms with Crippen molar-refractivity contribution in [3.8, 4) is 0 Å². The topological polar surface area (TPSA) is 57.6 Å². The molecule has 0 aliphatic carbocycles. The molecule has 5 heteroatoms. The summed E-state index contributed by atoms with van der Waals surface area (Å²) >= 11 is 5.72. The molecule has 1 aromatic carbocycles. The molecule has 1 saturated heterocycles. The molecule has 1 amide bonds. The van der Waals surface area contributed by atoms with E-state index in [-0.39, 0.29) is 23.7 Å². The lowest BCUT2D eigenvalue weighted by molar-refractivity contribution is -0.123. The van der Waals surface area contributed by atoms with E-state index in [2.05, 4.69) is 0 Å². The molecule has 1 heterocycles. The molecule has 1 fully saturated rings. The Morgan fingerprint density at radius 3 is 2.35 bits per heavy atom. The van der Waals surface area contributed by atoms with E-state index in [4.69, 9.17) is 11.6 Å². The number of carbonyl (C=O) groups excluding carboxylic acids is 2. The average molecular weight is 252 g/mol. The molecule has 0 spiro atoms. The van der Waals surface area contributed by atoms with E-state index in [1.807, 2.05) is 0 Å². The van der Waals surface area contributed by atoms with Gasteiger partial charge in [0.05, 0.1) is 6.54 Å². The summed E-state index contributed by atoms with van der Waals surface area (Å²) in [5.41, 5.74) is 0.247. The molecule has 2 rings (SSSR count). The quantitative estimate of drug-likeness (QED) is 0.469. The van der Waals surface area contributed by atoms with Crippen molar-refractivity contribution in [2.24, 2.45) is 0 Å². The third-order valence-corrected chi connectivity index (χ3v) is 2.83. The Morgan fingerprint density at radius 2 is 1.88 bits per heavy atom. The van der Waals surface area contributed by atoms with Gasteiger partial charge >= 0.3 is 0 Å². The molecule has 17 heavy (non-hydrogen) atoms. The van der Waals surface area contributed by atoms with Crippen molar-refractivity contribution in [1.29, 1.82) is 0 Å². The smallest absolute Gasteiger partial charge is 0.261 e. The van der Waals surface area contributed by atoms with Crippen molar-refractivity contribution in [1.82, 2.24) is 4.90 Å². The second kappa shape index (κ2) is 4.22. The predicted molar refractivity (Wildman–Crippen MR) is 63.6 cm³/mol. The van der Waals surface area contributed by atoms with Crippen LogP contribution in [0.2, 0.25) is 5.02 Å². The van der Waals surface area contributed by atoms with Gasteiger partial charge < -0.3 is 10.0 Å². The van der Waals surface area contributed by atoms with Crippen molar-refractivity contribution < 1.29 is 14.7 Å². The first kappa shape index (κ1) is 11.7. The van der Waals surface area contributed by atoms with Crippen LogP contribution in [-0.4, -0.2) is 35.3 Å². The predicted octanol–water partition coefficient (Wildman–Crippen LogP) is 1.65. The van der Waals surface area contributed by atoms with Gasteiger partial charge in [-0.25, -0.2) is 0 Å². The van der Waals surface area contributed by atoms with Gasteiger partial charge in [-0.1, -0.05) is 11.6 Å². The number of likely N-dealkylation sites (N-methyl/N-ethyl adjacent to an activating group) is 1. The lowest BCUT2D eigenvalue weighted by Gasteiger charge is -2.05. The number of hydrogen-bond acceptors (Lipinski definition) is 3. The van der Waals surface area contributed by atoms with E-state index >= 15 is 0 Å². The van der Waals surface area contributed by atoms with Gasteiger partial charge in [0.2, 0.25) is 0 Å². The molecule has 88 valence electrons. The first-order chi connectivity index (χ1) is 8.00. The lowest BCUT2D eigenvalue weighted by atomic mass is 10.1. The Bertz CT molecular complexity index is 519. The molecular formula is C12H10ClNO3. The van der Waals surface area contributed by atoms with Crippen LogP contribution >= 0.6 is 11.6 Å². The molecule has 1 aliphatic heterocycles. The van der Waals surface area contributed by atoms with Crippen LogP contribution in [0.15, 0.2) is 29.8 Å². The zero-order valence-electron chi connectivity index (χ0n) is 9.11. The van der Waals surface area contributed by atoms with Crippen LogP contribution < -0.4 is 0 Å². The van der Waals surface area contributed by atoms with Crippen LogP contribution in [0.1, 0.15) is 5.56 Å². The first-order valence-electron chi connectivity index (χ1n) is 4.98. The van der Waals surface area contributed by atoms with Gasteiger partial charge in [-0.3, -0.25) is 9.59 Å². The number of ketones is 1. The summed E-state index contributed by atoms with van der Waals surface area (Å²) in [4.78, 5) is 24.5. The van der Waals surface area contributed by atoms with Crippen LogP contribution in [0, 0.1) is 0 Å². The molecule has 0 atom stereocenters. The Hall–Kier alpha value is -1.81. The summed E-state index contributed by atoms with van der Waals surface area (Å²) < 4.78 is 0. The maximum atomic E-state index is 11.7. The number of hydrogen-bond donors (Lipinski definition) is 1. The maximum absolute atomic E-state index is 11.7. The van der Waals surface area contributed by atoms with E-state index in [9.17, 15) is 14.7 Å². The summed E-state index contributed by atoms with van der Waals surface area (Å²) in [6.07, 6.45) is 0. The molecule has 4 nitrogen and oxygen atoms in total. The number of likely N-dealkylation sites (tertiary alicyclic amines) is 1. The highest BCUT2D eigenvalue weighted by atomic mass is 35.5. The van der Waals surface area contributed by atoms with Crippen molar-refractivity contribution in [2.45, 2.75) is 0 Å². The molecule has 0 radical (unpaired) electrons. The van der Waals surface area contributed by atoms with Gasteiger partial charge in [0.1, 0.15) is 11.3 Å². The maximum Gasteiger partial charge on any atom is 0.261 e. The fraction of sp³-hybridized carbons (Fsp3) is 0.167. The van der Waals surface area contributed by atoms with Crippen LogP contribution in [-0.2, 0) is 9.59 Å². The number of halogens is 1. The first-order valence-corrected chi connectivity index (χ1v) is 5.36. The Balaban J connectivity index is 2.48. The van der Waals surface area contributed by atoms with Crippen molar-refractivity contribution in [3.05, 3.63) is 40.4 Å². The standard InChI is InChI=1S/C12H10ClNO3/c1-14-6-9(15)10(12(14)17)11(16)7-2-4-8(13)5-3-7/h2-5,16H,6H2,1H3/b11-10-. The number of carbonyl (C=O) groups is 2. The summed E-state index contributed by atoms with van der Waals surface area (Å²) in [5.74, 6) is -1.12. The molecule has 1 aromatic rings. The number of benzene rings is 1. The van der Waals surface area contributed by atoms with Gasteiger partial charge in [0, 0.05) is 17.6 Å². The minimum atomic E-state index is -0.456. The minimum Gasteiger partial charge on any atom is -0.506 e. The van der Waals surface area contributed by atoms with Gasteiger partial charge in [0.25, 0.3) is 5.91 Å². The highest BCUT2D eigenvalue weighted by Gasteiger charge is 2.34. The normalized spacial score (nSPS) is 18.8. The monoisotopic (exact) mass is 251 g/mol. The van der Waals surface area contributed by atoms with Gasteiger partial charge in [-0.15, -0.1) is 0 Å². The Kier molecular flexibility index (Phi) is 2.90. The van der Waals surface area contributed by atoms with Gasteiger partial charge in [-0.05, 0) is 24.3 Å². The number of Topliss-reactive ketones (excluding diaryl/α,β-unsaturated/α-hetero) is 1. The highest BCUT2D eigenvalue weighted by molar-refractivity contribution is 6.31. The van der Waals surface area contributed by atoms with E-state index < -0.39 is 5.91 Å². The second-order valence-electron chi connectivity index (χ2n) is 3.81. The SMILES string of the molecule is CN1CC(=O)/C(=C(/O)c2ccc(Cl)cc2)C1=O. The fourth-order valence-electron chi connectivity index (χ4n) is 1.66. The lowest BCUT2D eigenvalue weighted by Crippen LogP contribution is -2.19. The summed E-state index contributed by atoms with van der Waals surface area (Å²) in [5, 5.41) is 10.5. The molecule has 0 aromatic heterocycles. The summed E-state index contributed by atoms with van der Waals surface area (Å²) in [7, 11) is 1.52. The van der Waals surface area contributed by atoms with E-state index in [0.29, 0.717) is 10.6 Å². The molecule has 1 aliphatic rings. The van der Waals surface area contributed by atoms with Gasteiger partial charge in [-0.2, -0.15) is 0 Å². The number of rotatable bonds is 1. The molecule has 1 N–H and O–H groups in total. The minimum absolute atomic E-state index is 0.00577.